The van der Waals surface area contributed by atoms with E-state index in [0.717, 1.165) is 12.1 Å². The van der Waals surface area contributed by atoms with Crippen LogP contribution >= 0.6 is 0 Å². The Morgan fingerprint density at radius 2 is 1.80 bits per heavy atom. The quantitative estimate of drug-likeness (QED) is 0.653. The summed E-state index contributed by atoms with van der Waals surface area (Å²) in [4.78, 5) is 11.2. The Hall–Kier alpha value is -3.47. The first-order valence-corrected chi connectivity index (χ1v) is 10.1. The molecule has 2 aromatic carbocycles. The maximum absolute atomic E-state index is 13.2. The number of halogens is 3. The predicted molar refractivity (Wildman–Crippen MR) is 102 cm³/mol. The number of amides is 1. The van der Waals surface area contributed by atoms with E-state index in [1.54, 1.807) is 24.5 Å². The number of carbonyl (C=O) groups excluding carboxylic acids is 1. The van der Waals surface area contributed by atoms with Crippen molar-refractivity contribution in [2.24, 2.45) is 0 Å². The van der Waals surface area contributed by atoms with Crippen LogP contribution in [0.25, 0.3) is 5.69 Å². The average molecular weight is 437 g/mol. The Labute approximate surface area is 169 Å². The maximum Gasteiger partial charge on any atom is 0.416 e. The third-order valence-electron chi connectivity index (χ3n) is 4.35. The zero-order chi connectivity index (χ0) is 21.5. The number of alkyl halides is 3. The van der Waals surface area contributed by atoms with Gasteiger partial charge in [0.1, 0.15) is 5.75 Å². The topological polar surface area (TPSA) is 89.4 Å². The number of benzene rings is 2. The molecule has 3 aromatic rings. The van der Waals surface area contributed by atoms with Crippen molar-refractivity contribution in [2.75, 3.05) is 16.6 Å². The van der Waals surface area contributed by atoms with Crippen molar-refractivity contribution in [3.63, 3.8) is 0 Å². The lowest BCUT2D eigenvalue weighted by Gasteiger charge is -2.19. The van der Waals surface area contributed by atoms with Crippen LogP contribution in [-0.4, -0.2) is 25.5 Å². The lowest BCUT2D eigenvalue weighted by Crippen LogP contribution is -2.25. The molecule has 2 heterocycles. The molecule has 7 nitrogen and oxygen atoms in total. The predicted octanol–water partition coefficient (Wildman–Crippen LogP) is 3.63. The Kier molecular flexibility index (Phi) is 4.69. The minimum Gasteiger partial charge on any atom is -0.482 e. The largest absolute Gasteiger partial charge is 0.482 e. The standard InChI is InChI=1S/C19H14F3N3O4S/c20-19(21,22)12-3-5-16(25-7-1-2-8-25)14(9-12)24-30(27,28)13-4-6-17-15(10-13)23-18(26)11-29-17/h1-10,24H,11H2,(H,23,26). The van der Waals surface area contributed by atoms with Gasteiger partial charge in [-0.05, 0) is 48.5 Å². The number of aromatic nitrogens is 1. The number of hydrogen-bond acceptors (Lipinski definition) is 4. The summed E-state index contributed by atoms with van der Waals surface area (Å²) < 4.78 is 74.2. The van der Waals surface area contributed by atoms with Crippen molar-refractivity contribution >= 4 is 27.3 Å². The first-order chi connectivity index (χ1) is 14.1. The van der Waals surface area contributed by atoms with Crippen LogP contribution in [0.2, 0.25) is 0 Å². The molecule has 1 aliphatic rings. The van der Waals surface area contributed by atoms with Crippen molar-refractivity contribution in [2.45, 2.75) is 11.1 Å². The molecule has 1 aliphatic heterocycles. The number of ether oxygens (including phenoxy) is 1. The monoisotopic (exact) mass is 437 g/mol. The van der Waals surface area contributed by atoms with Gasteiger partial charge in [-0.25, -0.2) is 8.42 Å². The molecule has 0 bridgehead atoms. The van der Waals surface area contributed by atoms with Gasteiger partial charge in [0.25, 0.3) is 15.9 Å². The van der Waals surface area contributed by atoms with Gasteiger partial charge in [-0.3, -0.25) is 9.52 Å². The van der Waals surface area contributed by atoms with Crippen LogP contribution in [0.15, 0.2) is 65.8 Å². The highest BCUT2D eigenvalue weighted by atomic mass is 32.2. The zero-order valence-corrected chi connectivity index (χ0v) is 15.9. The van der Waals surface area contributed by atoms with E-state index >= 15 is 0 Å². The second kappa shape index (κ2) is 7.10. The van der Waals surface area contributed by atoms with Crippen LogP contribution in [-0.2, 0) is 21.0 Å². The number of nitrogens with zero attached hydrogens (tertiary/aromatic N) is 1. The number of anilines is 2. The smallest absolute Gasteiger partial charge is 0.416 e. The maximum atomic E-state index is 13.2. The van der Waals surface area contributed by atoms with Crippen molar-refractivity contribution in [3.8, 4) is 11.4 Å². The Balaban J connectivity index is 1.75. The summed E-state index contributed by atoms with van der Waals surface area (Å²) in [5, 5.41) is 2.49. The van der Waals surface area contributed by atoms with Gasteiger partial charge in [0.15, 0.2) is 6.61 Å². The summed E-state index contributed by atoms with van der Waals surface area (Å²) in [6.45, 7) is -0.193. The van der Waals surface area contributed by atoms with E-state index in [2.05, 4.69) is 10.0 Å². The van der Waals surface area contributed by atoms with Gasteiger partial charge in [0.2, 0.25) is 0 Å². The van der Waals surface area contributed by atoms with Crippen LogP contribution in [0.3, 0.4) is 0 Å². The fourth-order valence-electron chi connectivity index (χ4n) is 2.95. The Bertz CT molecular complexity index is 1220. The first-order valence-electron chi connectivity index (χ1n) is 8.58. The van der Waals surface area contributed by atoms with Crippen LogP contribution in [0.4, 0.5) is 24.5 Å². The molecule has 0 fully saturated rings. The van der Waals surface area contributed by atoms with E-state index in [1.165, 1.54) is 28.8 Å². The molecule has 1 aromatic heterocycles. The molecule has 0 radical (unpaired) electrons. The molecule has 0 saturated heterocycles. The van der Waals surface area contributed by atoms with E-state index in [-0.39, 0.29) is 28.6 Å². The molecule has 4 rings (SSSR count). The molecular weight excluding hydrogens is 423 g/mol. The third kappa shape index (κ3) is 3.83. The molecular formula is C19H14F3N3O4S. The van der Waals surface area contributed by atoms with Gasteiger partial charge in [-0.15, -0.1) is 0 Å². The van der Waals surface area contributed by atoms with Crippen molar-refractivity contribution in [1.29, 1.82) is 0 Å². The number of nitrogens with one attached hydrogen (secondary N) is 2. The van der Waals surface area contributed by atoms with Gasteiger partial charge in [-0.2, -0.15) is 13.2 Å². The minimum atomic E-state index is -4.65. The fourth-order valence-corrected chi connectivity index (χ4v) is 4.04. The van der Waals surface area contributed by atoms with Crippen LogP contribution in [0.1, 0.15) is 5.56 Å². The summed E-state index contributed by atoms with van der Waals surface area (Å²) in [5.41, 5.74) is -0.879. The Morgan fingerprint density at radius 3 is 2.50 bits per heavy atom. The van der Waals surface area contributed by atoms with Crippen molar-refractivity contribution in [3.05, 3.63) is 66.5 Å². The summed E-state index contributed by atoms with van der Waals surface area (Å²) in [6, 6.07) is 9.88. The van der Waals surface area contributed by atoms with Crippen LogP contribution in [0, 0.1) is 0 Å². The number of carbonyl (C=O) groups is 1. The molecule has 1 amide bonds. The van der Waals surface area contributed by atoms with E-state index < -0.39 is 27.7 Å². The SMILES string of the molecule is O=C1COc2ccc(S(=O)(=O)Nc3cc(C(F)(F)F)ccc3-n3cccc3)cc2N1. The van der Waals surface area contributed by atoms with Gasteiger partial charge in [0, 0.05) is 12.4 Å². The summed E-state index contributed by atoms with van der Waals surface area (Å²) in [6.07, 6.45) is -1.50. The molecule has 0 spiro atoms. The van der Waals surface area contributed by atoms with Gasteiger partial charge in [0.05, 0.1) is 27.5 Å². The lowest BCUT2D eigenvalue weighted by molar-refractivity contribution is -0.137. The van der Waals surface area contributed by atoms with E-state index in [1.807, 2.05) is 0 Å². The molecule has 11 heteroatoms. The van der Waals surface area contributed by atoms with Gasteiger partial charge in [-0.1, -0.05) is 0 Å². The van der Waals surface area contributed by atoms with Crippen LogP contribution in [0.5, 0.6) is 5.75 Å². The Morgan fingerprint density at radius 1 is 1.07 bits per heavy atom. The molecule has 156 valence electrons. The van der Waals surface area contributed by atoms with Crippen molar-refractivity contribution in [1.82, 2.24) is 4.57 Å². The van der Waals surface area contributed by atoms with Gasteiger partial charge < -0.3 is 14.6 Å². The molecule has 2 N–H and O–H groups in total. The fraction of sp³-hybridized carbons (Fsp3) is 0.105. The molecule has 0 atom stereocenters. The molecule has 0 aliphatic carbocycles. The second-order valence-corrected chi connectivity index (χ2v) is 8.10. The summed E-state index contributed by atoms with van der Waals surface area (Å²) in [5.74, 6) is -0.154. The number of sulfonamides is 1. The molecule has 0 unspecified atom stereocenters. The average Bonchev–Trinajstić information content (AvgIpc) is 3.21. The number of fused-ring (bicyclic) bond motifs is 1. The highest BCUT2D eigenvalue weighted by molar-refractivity contribution is 7.92. The number of rotatable bonds is 4. The van der Waals surface area contributed by atoms with E-state index in [9.17, 15) is 26.4 Å². The van der Waals surface area contributed by atoms with E-state index in [4.69, 9.17) is 4.74 Å². The molecule has 30 heavy (non-hydrogen) atoms. The molecule has 0 saturated carbocycles. The second-order valence-electron chi connectivity index (χ2n) is 6.42. The summed E-state index contributed by atoms with van der Waals surface area (Å²) >= 11 is 0. The first kappa shape index (κ1) is 19.8. The van der Waals surface area contributed by atoms with E-state index in [0.29, 0.717) is 5.75 Å². The van der Waals surface area contributed by atoms with Crippen molar-refractivity contribution < 1.29 is 31.1 Å². The number of hydrogen-bond donors (Lipinski definition) is 2. The zero-order valence-electron chi connectivity index (χ0n) is 15.1. The lowest BCUT2D eigenvalue weighted by atomic mass is 10.1. The highest BCUT2D eigenvalue weighted by Crippen LogP contribution is 2.35. The van der Waals surface area contributed by atoms with Crippen LogP contribution < -0.4 is 14.8 Å². The third-order valence-corrected chi connectivity index (χ3v) is 5.71. The summed E-state index contributed by atoms with van der Waals surface area (Å²) in [7, 11) is -4.28. The minimum absolute atomic E-state index is 0.156. The highest BCUT2D eigenvalue weighted by Gasteiger charge is 2.32. The normalized spacial score (nSPS) is 13.9. The van der Waals surface area contributed by atoms with Gasteiger partial charge >= 0.3 is 6.18 Å².